The average molecular weight is 255 g/mol. The molecule has 0 bridgehead atoms. The summed E-state index contributed by atoms with van der Waals surface area (Å²) in [5.74, 6) is 0.295. The molecule has 1 atom stereocenters. The van der Waals surface area contributed by atoms with E-state index in [9.17, 15) is 13.2 Å². The number of aliphatic hydroxyl groups is 1. The average Bonchev–Trinajstić information content (AvgIpc) is 2.22. The molecule has 1 N–H and O–H groups in total. The Morgan fingerprint density at radius 2 is 1.88 bits per heavy atom. The van der Waals surface area contributed by atoms with E-state index >= 15 is 0 Å². The van der Waals surface area contributed by atoms with Crippen LogP contribution in [-0.4, -0.2) is 42.4 Å². The van der Waals surface area contributed by atoms with Crippen LogP contribution in [0, 0.1) is 5.92 Å². The number of hydrogen-bond acceptors (Lipinski definition) is 2. The lowest BCUT2D eigenvalue weighted by Crippen LogP contribution is -2.39. The van der Waals surface area contributed by atoms with Gasteiger partial charge in [-0.05, 0) is 12.3 Å². The maximum absolute atomic E-state index is 12.3. The maximum atomic E-state index is 12.3. The highest BCUT2D eigenvalue weighted by Gasteiger charge is 2.31. The van der Waals surface area contributed by atoms with Crippen LogP contribution in [0.4, 0.5) is 13.2 Å². The molecule has 0 aliphatic heterocycles. The van der Waals surface area contributed by atoms with Gasteiger partial charge in [-0.25, -0.2) is 0 Å². The quantitative estimate of drug-likeness (QED) is 0.684. The molecule has 0 aliphatic rings. The summed E-state index contributed by atoms with van der Waals surface area (Å²) < 4.78 is 36.9. The normalized spacial score (nSPS) is 14.3. The van der Waals surface area contributed by atoms with Gasteiger partial charge in [0.05, 0.1) is 13.2 Å². The fraction of sp³-hybridized carbons (Fsp3) is 1.00. The first kappa shape index (κ1) is 16.7. The summed E-state index contributed by atoms with van der Waals surface area (Å²) in [5.41, 5.74) is 0. The van der Waals surface area contributed by atoms with Gasteiger partial charge in [-0.3, -0.25) is 4.90 Å². The lowest BCUT2D eigenvalue weighted by Gasteiger charge is -2.27. The molecule has 1 unspecified atom stereocenters. The lowest BCUT2D eigenvalue weighted by molar-refractivity contribution is -0.148. The van der Waals surface area contributed by atoms with Gasteiger partial charge in [0, 0.05) is 13.1 Å². The van der Waals surface area contributed by atoms with Gasteiger partial charge in [0.1, 0.15) is 0 Å². The van der Waals surface area contributed by atoms with Gasteiger partial charge in [0.15, 0.2) is 0 Å². The third-order valence-electron chi connectivity index (χ3n) is 2.88. The van der Waals surface area contributed by atoms with Crippen molar-refractivity contribution in [1.82, 2.24) is 4.90 Å². The minimum Gasteiger partial charge on any atom is -0.395 e. The van der Waals surface area contributed by atoms with Crippen LogP contribution < -0.4 is 0 Å². The fourth-order valence-electron chi connectivity index (χ4n) is 1.91. The number of hydrogen-bond donors (Lipinski definition) is 1. The molecule has 5 heteroatoms. The monoisotopic (exact) mass is 255 g/mol. The summed E-state index contributed by atoms with van der Waals surface area (Å²) in [6, 6.07) is 0. The molecule has 0 aliphatic carbocycles. The van der Waals surface area contributed by atoms with Crippen molar-refractivity contribution in [2.75, 3.05) is 26.2 Å². The Morgan fingerprint density at radius 3 is 2.29 bits per heavy atom. The predicted molar refractivity (Wildman–Crippen MR) is 62.9 cm³/mol. The predicted octanol–water partition coefficient (Wildman–Crippen LogP) is 3.06. The molecule has 17 heavy (non-hydrogen) atoms. The first-order valence-corrected chi connectivity index (χ1v) is 6.32. The largest absolute Gasteiger partial charge is 0.401 e. The zero-order valence-electron chi connectivity index (χ0n) is 10.8. The van der Waals surface area contributed by atoms with Crippen molar-refractivity contribution in [1.29, 1.82) is 0 Å². The lowest BCUT2D eigenvalue weighted by atomic mass is 9.98. The number of rotatable bonds is 9. The van der Waals surface area contributed by atoms with Gasteiger partial charge < -0.3 is 5.11 Å². The number of aliphatic hydroxyl groups excluding tert-OH is 1. The molecular weight excluding hydrogens is 231 g/mol. The number of unbranched alkanes of at least 4 members (excludes halogenated alkanes) is 1. The van der Waals surface area contributed by atoms with Crippen molar-refractivity contribution >= 4 is 0 Å². The van der Waals surface area contributed by atoms with Gasteiger partial charge in [-0.1, -0.05) is 33.1 Å². The van der Waals surface area contributed by atoms with Crippen molar-refractivity contribution < 1.29 is 18.3 Å². The topological polar surface area (TPSA) is 23.5 Å². The smallest absolute Gasteiger partial charge is 0.395 e. The molecule has 0 heterocycles. The van der Waals surface area contributed by atoms with Gasteiger partial charge in [-0.2, -0.15) is 13.2 Å². The Labute approximate surface area is 102 Å². The molecule has 0 fully saturated rings. The van der Waals surface area contributed by atoms with Crippen LogP contribution in [0.1, 0.15) is 39.5 Å². The molecule has 0 spiro atoms. The summed E-state index contributed by atoms with van der Waals surface area (Å²) in [6.45, 7) is 3.47. The second-order valence-corrected chi connectivity index (χ2v) is 4.49. The van der Waals surface area contributed by atoms with Gasteiger partial charge >= 0.3 is 6.18 Å². The Kier molecular flexibility index (Phi) is 8.60. The highest BCUT2D eigenvalue weighted by Crippen LogP contribution is 2.19. The molecule has 0 aromatic rings. The summed E-state index contributed by atoms with van der Waals surface area (Å²) in [7, 11) is 0. The van der Waals surface area contributed by atoms with Crippen molar-refractivity contribution in [3.8, 4) is 0 Å². The molecule has 0 saturated carbocycles. The summed E-state index contributed by atoms with van der Waals surface area (Å²) in [5, 5.41) is 8.79. The summed E-state index contributed by atoms with van der Waals surface area (Å²) in [4.78, 5) is 1.31. The van der Waals surface area contributed by atoms with Crippen LogP contribution in [-0.2, 0) is 0 Å². The summed E-state index contributed by atoms with van der Waals surface area (Å²) in [6.07, 6.45) is -0.210. The first-order valence-electron chi connectivity index (χ1n) is 6.32. The van der Waals surface area contributed by atoms with Gasteiger partial charge in [-0.15, -0.1) is 0 Å². The van der Waals surface area contributed by atoms with Crippen LogP contribution in [0.5, 0.6) is 0 Å². The van der Waals surface area contributed by atoms with Crippen LogP contribution in [0.3, 0.4) is 0 Å². The molecular formula is C12H24F3NO. The minimum atomic E-state index is -4.18. The Balaban J connectivity index is 4.19. The highest BCUT2D eigenvalue weighted by molar-refractivity contribution is 4.68. The Hall–Kier alpha value is -0.290. The number of nitrogens with zero attached hydrogens (tertiary/aromatic N) is 1. The van der Waals surface area contributed by atoms with E-state index in [1.54, 1.807) is 0 Å². The fourth-order valence-corrected chi connectivity index (χ4v) is 1.91. The van der Waals surface area contributed by atoms with Crippen molar-refractivity contribution in [2.24, 2.45) is 5.92 Å². The third-order valence-corrected chi connectivity index (χ3v) is 2.88. The van der Waals surface area contributed by atoms with Crippen molar-refractivity contribution in [3.05, 3.63) is 0 Å². The number of halogens is 3. The van der Waals surface area contributed by atoms with E-state index < -0.39 is 12.7 Å². The highest BCUT2D eigenvalue weighted by atomic mass is 19.4. The SMILES string of the molecule is CCCCC(CC)CN(CCO)CC(F)(F)F. The molecule has 0 amide bonds. The van der Waals surface area contributed by atoms with E-state index in [4.69, 9.17) is 5.11 Å². The zero-order valence-corrected chi connectivity index (χ0v) is 10.8. The number of alkyl halides is 3. The second-order valence-electron chi connectivity index (χ2n) is 4.49. The van der Waals surface area contributed by atoms with E-state index in [1.807, 2.05) is 6.92 Å². The molecule has 0 aromatic heterocycles. The molecule has 104 valence electrons. The molecule has 2 nitrogen and oxygen atoms in total. The first-order chi connectivity index (χ1) is 7.92. The van der Waals surface area contributed by atoms with Crippen molar-refractivity contribution in [3.63, 3.8) is 0 Å². The Morgan fingerprint density at radius 1 is 1.24 bits per heavy atom. The standard InChI is InChI=1S/C12H24F3NO/c1-3-5-6-11(4-2)9-16(7-8-17)10-12(13,14)15/h11,17H,3-10H2,1-2H3. The third kappa shape index (κ3) is 9.41. The van der Waals surface area contributed by atoms with Crippen LogP contribution in [0.15, 0.2) is 0 Å². The van der Waals surface area contributed by atoms with E-state index in [0.717, 1.165) is 25.7 Å². The molecule has 0 rings (SSSR count). The van der Waals surface area contributed by atoms with E-state index in [2.05, 4.69) is 6.92 Å². The molecule has 0 saturated heterocycles. The van der Waals surface area contributed by atoms with Crippen LogP contribution in [0.25, 0.3) is 0 Å². The van der Waals surface area contributed by atoms with Crippen molar-refractivity contribution in [2.45, 2.75) is 45.7 Å². The summed E-state index contributed by atoms with van der Waals surface area (Å²) >= 11 is 0. The van der Waals surface area contributed by atoms with E-state index in [1.165, 1.54) is 4.90 Å². The van der Waals surface area contributed by atoms with Gasteiger partial charge in [0.25, 0.3) is 0 Å². The zero-order chi connectivity index (χ0) is 13.3. The molecule has 0 aromatic carbocycles. The maximum Gasteiger partial charge on any atom is 0.401 e. The van der Waals surface area contributed by atoms with E-state index in [-0.39, 0.29) is 13.2 Å². The second kappa shape index (κ2) is 8.75. The van der Waals surface area contributed by atoms with E-state index in [0.29, 0.717) is 12.5 Å². The van der Waals surface area contributed by atoms with Gasteiger partial charge in [0.2, 0.25) is 0 Å². The minimum absolute atomic E-state index is 0.0993. The van der Waals surface area contributed by atoms with Crippen LogP contribution in [0.2, 0.25) is 0 Å². The molecule has 0 radical (unpaired) electrons. The van der Waals surface area contributed by atoms with Crippen LogP contribution >= 0.6 is 0 Å². The Bertz CT molecular complexity index is 185.